The molecule has 0 aliphatic heterocycles. The summed E-state index contributed by atoms with van der Waals surface area (Å²) < 4.78 is 2.65. The summed E-state index contributed by atoms with van der Waals surface area (Å²) in [6, 6.07) is 7.69. The van der Waals surface area contributed by atoms with Gasteiger partial charge in [-0.1, -0.05) is 34.1 Å². The fraction of sp³-hybridized carbons (Fsp3) is 0.118. The highest BCUT2D eigenvalue weighted by molar-refractivity contribution is 9.10. The predicted octanol–water partition coefficient (Wildman–Crippen LogP) is 3.11. The lowest BCUT2D eigenvalue weighted by Crippen LogP contribution is -2.11. The Labute approximate surface area is 139 Å². The normalized spacial score (nSPS) is 17.8. The number of halogens is 1. The van der Waals surface area contributed by atoms with Gasteiger partial charge in [0, 0.05) is 10.4 Å². The molecule has 1 aromatic carbocycles. The van der Waals surface area contributed by atoms with Crippen molar-refractivity contribution in [3.05, 3.63) is 90.2 Å². The monoisotopic (exact) mass is 356 g/mol. The Morgan fingerprint density at radius 1 is 1.32 bits per heavy atom. The molecule has 0 amide bonds. The molecular formula is C17H15BrN3O. The minimum absolute atomic E-state index is 0.485. The van der Waals surface area contributed by atoms with Crippen molar-refractivity contribution in [2.45, 2.75) is 12.6 Å². The third kappa shape index (κ3) is 3.84. The third-order valence-electron chi connectivity index (χ3n) is 3.37. The molecule has 5 heteroatoms. The Morgan fingerprint density at radius 2 is 2.14 bits per heavy atom. The van der Waals surface area contributed by atoms with Crippen LogP contribution in [0, 0.1) is 31.6 Å². The van der Waals surface area contributed by atoms with Gasteiger partial charge in [0.05, 0.1) is 6.54 Å². The molecule has 4 nitrogen and oxygen atoms in total. The van der Waals surface area contributed by atoms with E-state index < -0.39 is 6.10 Å². The van der Waals surface area contributed by atoms with Crippen LogP contribution in [0.3, 0.4) is 0 Å². The smallest absolute Gasteiger partial charge is 0.137 e. The van der Waals surface area contributed by atoms with Gasteiger partial charge < -0.3 is 5.11 Å². The molecule has 22 heavy (non-hydrogen) atoms. The van der Waals surface area contributed by atoms with E-state index in [0.29, 0.717) is 6.54 Å². The molecule has 3 rings (SSSR count). The minimum atomic E-state index is -0.698. The quantitative estimate of drug-likeness (QED) is 0.895. The van der Waals surface area contributed by atoms with Crippen molar-refractivity contribution in [2.24, 2.45) is 0 Å². The number of allylic oxidation sites excluding steroid dienone is 1. The third-order valence-corrected chi connectivity index (χ3v) is 3.86. The number of hydrogen-bond donors (Lipinski definition) is 1. The highest BCUT2D eigenvalue weighted by atomic mass is 79.9. The Bertz CT molecular complexity index is 633. The van der Waals surface area contributed by atoms with E-state index in [-0.39, 0.29) is 0 Å². The standard InChI is InChI=1S/C17H15BrN3O/c18-16-7-3-6-14(9-16)17(22)15(8-13-4-1-2-5-13)10-21-12-19-11-20-21/h1-9,11-12,17,22H,10H2/b15-8+. The van der Waals surface area contributed by atoms with Crippen LogP contribution in [0.25, 0.3) is 0 Å². The van der Waals surface area contributed by atoms with Crippen LogP contribution in [-0.2, 0) is 6.54 Å². The maximum absolute atomic E-state index is 10.8. The molecular weight excluding hydrogens is 342 g/mol. The average Bonchev–Trinajstić information content (AvgIpc) is 3.19. The lowest BCUT2D eigenvalue weighted by molar-refractivity contribution is 0.208. The summed E-state index contributed by atoms with van der Waals surface area (Å²) in [5.41, 5.74) is 1.70. The number of rotatable bonds is 5. The molecule has 1 aliphatic carbocycles. The second-order valence-corrected chi connectivity index (χ2v) is 5.90. The van der Waals surface area contributed by atoms with Gasteiger partial charge in [-0.05, 0) is 49.0 Å². The number of aliphatic hydroxyl groups is 1. The summed E-state index contributed by atoms with van der Waals surface area (Å²) in [4.78, 5) is 3.95. The molecule has 1 aliphatic rings. The highest BCUT2D eigenvalue weighted by Crippen LogP contribution is 2.31. The van der Waals surface area contributed by atoms with Crippen LogP contribution in [-0.4, -0.2) is 19.9 Å². The van der Waals surface area contributed by atoms with E-state index in [4.69, 9.17) is 0 Å². The predicted molar refractivity (Wildman–Crippen MR) is 87.6 cm³/mol. The van der Waals surface area contributed by atoms with Crippen molar-refractivity contribution in [3.8, 4) is 0 Å². The summed E-state index contributed by atoms with van der Waals surface area (Å²) in [5, 5.41) is 14.9. The zero-order chi connectivity index (χ0) is 15.4. The summed E-state index contributed by atoms with van der Waals surface area (Å²) >= 11 is 3.44. The van der Waals surface area contributed by atoms with Crippen molar-refractivity contribution < 1.29 is 5.11 Å². The number of benzene rings is 1. The zero-order valence-corrected chi connectivity index (χ0v) is 13.4. The number of aliphatic hydroxyl groups excluding tert-OH is 1. The number of nitrogens with zero attached hydrogens (tertiary/aromatic N) is 3. The molecule has 1 unspecified atom stereocenters. The average molecular weight is 357 g/mol. The molecule has 5 radical (unpaired) electrons. The summed E-state index contributed by atoms with van der Waals surface area (Å²) in [7, 11) is 0. The minimum Gasteiger partial charge on any atom is -0.384 e. The van der Waals surface area contributed by atoms with E-state index in [9.17, 15) is 5.11 Å². The molecule has 0 saturated heterocycles. The summed E-state index contributed by atoms with van der Waals surface area (Å²) in [6.07, 6.45) is 12.4. The van der Waals surface area contributed by atoms with Gasteiger partial charge in [0.1, 0.15) is 18.8 Å². The molecule has 1 saturated carbocycles. The largest absolute Gasteiger partial charge is 0.384 e. The molecule has 111 valence electrons. The van der Waals surface area contributed by atoms with E-state index in [1.54, 1.807) is 11.0 Å². The van der Waals surface area contributed by atoms with Crippen molar-refractivity contribution in [2.75, 3.05) is 0 Å². The first-order chi connectivity index (χ1) is 10.7. The van der Waals surface area contributed by atoms with Gasteiger partial charge in [-0.25, -0.2) is 9.67 Å². The fourth-order valence-electron chi connectivity index (χ4n) is 2.30. The van der Waals surface area contributed by atoms with Gasteiger partial charge in [-0.2, -0.15) is 5.10 Å². The van der Waals surface area contributed by atoms with Crippen LogP contribution < -0.4 is 0 Å². The molecule has 1 fully saturated rings. The summed E-state index contributed by atoms with van der Waals surface area (Å²) in [5.74, 6) is 1.06. The van der Waals surface area contributed by atoms with Gasteiger partial charge in [0.25, 0.3) is 0 Å². The van der Waals surface area contributed by atoms with Crippen molar-refractivity contribution in [1.29, 1.82) is 0 Å². The zero-order valence-electron chi connectivity index (χ0n) is 11.8. The number of aromatic nitrogens is 3. The molecule has 0 bridgehead atoms. The van der Waals surface area contributed by atoms with Crippen LogP contribution in [0.1, 0.15) is 11.7 Å². The van der Waals surface area contributed by atoms with E-state index in [2.05, 4.69) is 26.0 Å². The van der Waals surface area contributed by atoms with Crippen molar-refractivity contribution in [1.82, 2.24) is 14.8 Å². The van der Waals surface area contributed by atoms with Gasteiger partial charge in [0.15, 0.2) is 0 Å². The first-order valence-electron chi connectivity index (χ1n) is 6.90. The molecule has 0 spiro atoms. The highest BCUT2D eigenvalue weighted by Gasteiger charge is 2.20. The van der Waals surface area contributed by atoms with Crippen LogP contribution in [0.5, 0.6) is 0 Å². The lowest BCUT2D eigenvalue weighted by Gasteiger charge is -2.17. The Kier molecular flexibility index (Phi) is 5.05. The van der Waals surface area contributed by atoms with Gasteiger partial charge >= 0.3 is 0 Å². The summed E-state index contributed by atoms with van der Waals surface area (Å²) in [6.45, 7) is 0.485. The van der Waals surface area contributed by atoms with E-state index in [1.165, 1.54) is 6.33 Å². The van der Waals surface area contributed by atoms with Crippen molar-refractivity contribution >= 4 is 15.9 Å². The maximum Gasteiger partial charge on any atom is 0.137 e. The Morgan fingerprint density at radius 3 is 2.82 bits per heavy atom. The van der Waals surface area contributed by atoms with Crippen molar-refractivity contribution in [3.63, 3.8) is 0 Å². The molecule has 1 heterocycles. The van der Waals surface area contributed by atoms with Gasteiger partial charge in [0.2, 0.25) is 0 Å². The molecule has 2 aromatic rings. The number of hydrogen-bond acceptors (Lipinski definition) is 3. The van der Waals surface area contributed by atoms with Gasteiger partial charge in [-0.3, -0.25) is 0 Å². The SMILES string of the molecule is OC(/C(=C/[C]1[CH][CH][CH][CH]1)Cn1cncn1)c1cccc(Br)c1. The van der Waals surface area contributed by atoms with Gasteiger partial charge in [-0.15, -0.1) is 0 Å². The van der Waals surface area contributed by atoms with Crippen LogP contribution >= 0.6 is 15.9 Å². The molecule has 1 aromatic heterocycles. The van der Waals surface area contributed by atoms with E-state index >= 15 is 0 Å². The molecule has 1 N–H and O–H groups in total. The molecule has 1 atom stereocenters. The van der Waals surface area contributed by atoms with Crippen LogP contribution in [0.2, 0.25) is 0 Å². The second kappa shape index (κ2) is 7.20. The maximum atomic E-state index is 10.8. The first kappa shape index (κ1) is 15.4. The second-order valence-electron chi connectivity index (χ2n) is 4.99. The van der Waals surface area contributed by atoms with E-state index in [1.807, 2.05) is 56.0 Å². The first-order valence-corrected chi connectivity index (χ1v) is 7.70. The van der Waals surface area contributed by atoms with Crippen LogP contribution in [0.15, 0.2) is 53.0 Å². The van der Waals surface area contributed by atoms with E-state index in [0.717, 1.165) is 21.5 Å². The topological polar surface area (TPSA) is 50.9 Å². The van der Waals surface area contributed by atoms with Crippen LogP contribution in [0.4, 0.5) is 0 Å². The fourth-order valence-corrected chi connectivity index (χ4v) is 2.72. The Balaban J connectivity index is 1.86. The lowest BCUT2D eigenvalue weighted by atomic mass is 9.96. The Hall–Kier alpha value is -1.46.